The van der Waals surface area contributed by atoms with Crippen LogP contribution in [0.1, 0.15) is 0 Å². The molecule has 0 N–H and O–H groups in total. The van der Waals surface area contributed by atoms with Crippen molar-refractivity contribution in [1.82, 2.24) is 0 Å². The van der Waals surface area contributed by atoms with Gasteiger partial charge in [0.2, 0.25) is 0 Å². The number of para-hydroxylation sites is 1. The molecule has 0 amide bonds. The van der Waals surface area contributed by atoms with E-state index in [4.69, 9.17) is 0 Å². The Kier molecular flexibility index (Phi) is 9.26. The molecule has 1 heteroatoms. The van der Waals surface area contributed by atoms with E-state index in [-0.39, 0.29) is 0 Å². The molecule has 0 atom stereocenters. The maximum absolute atomic E-state index is 2.47. The van der Waals surface area contributed by atoms with E-state index in [0.717, 1.165) is 22.6 Å². The van der Waals surface area contributed by atoms with Gasteiger partial charge in [-0.25, -0.2) is 0 Å². The normalized spacial score (nSPS) is 11.3. The van der Waals surface area contributed by atoms with Crippen molar-refractivity contribution in [3.63, 3.8) is 0 Å². The molecule has 0 aliphatic heterocycles. The second-order valence-electron chi connectivity index (χ2n) is 15.7. The summed E-state index contributed by atoms with van der Waals surface area (Å²) in [4.78, 5) is 2.47. The van der Waals surface area contributed by atoms with Crippen LogP contribution in [0, 0.1) is 0 Å². The molecule has 11 aromatic carbocycles. The number of fused-ring (bicyclic) bond motifs is 4. The van der Waals surface area contributed by atoms with E-state index in [1.165, 1.54) is 82.4 Å². The molecule has 11 rings (SSSR count). The lowest BCUT2D eigenvalue weighted by Gasteiger charge is -2.30. The number of hydrogen-bond acceptors (Lipinski definition) is 1. The standard InChI is InChI=1S/C60H41N/c1-2-17-46(18-3-1)51-21-8-9-23-53(51)55-25-10-11-26-56(55)57-27-14-15-29-59(57)61(60-41-49-20-6-7-22-52(49)54-24-12-13-28-58(54)60)50-38-36-44(37-39-50)43-30-32-45(33-31-43)48-35-34-42-16-4-5-19-47(42)40-48/h1-41H. The van der Waals surface area contributed by atoms with Gasteiger partial charge in [0.1, 0.15) is 0 Å². The number of hydrogen-bond donors (Lipinski definition) is 0. The van der Waals surface area contributed by atoms with Crippen LogP contribution in [0.3, 0.4) is 0 Å². The van der Waals surface area contributed by atoms with E-state index >= 15 is 0 Å². The highest BCUT2D eigenvalue weighted by Crippen LogP contribution is 2.48. The second kappa shape index (κ2) is 15.6. The maximum atomic E-state index is 2.47. The average molecular weight is 776 g/mol. The number of rotatable bonds is 8. The summed E-state index contributed by atoms with van der Waals surface area (Å²) in [7, 11) is 0. The van der Waals surface area contributed by atoms with Gasteiger partial charge in [0.15, 0.2) is 0 Å². The van der Waals surface area contributed by atoms with E-state index in [1.807, 2.05) is 0 Å². The van der Waals surface area contributed by atoms with Gasteiger partial charge in [-0.2, -0.15) is 0 Å². The molecule has 1 nitrogen and oxygen atoms in total. The monoisotopic (exact) mass is 775 g/mol. The summed E-state index contributed by atoms with van der Waals surface area (Å²) >= 11 is 0. The summed E-state index contributed by atoms with van der Waals surface area (Å²) in [5, 5.41) is 7.41. The van der Waals surface area contributed by atoms with Crippen LogP contribution in [-0.2, 0) is 0 Å². The largest absolute Gasteiger partial charge is 0.309 e. The minimum absolute atomic E-state index is 1.09. The average Bonchev–Trinajstić information content (AvgIpc) is 3.35. The summed E-state index contributed by atoms with van der Waals surface area (Å²) in [6, 6.07) is 90.5. The van der Waals surface area contributed by atoms with Gasteiger partial charge >= 0.3 is 0 Å². The van der Waals surface area contributed by atoms with Crippen LogP contribution >= 0.6 is 0 Å². The Labute approximate surface area is 357 Å². The zero-order chi connectivity index (χ0) is 40.5. The molecule has 0 fully saturated rings. The second-order valence-corrected chi connectivity index (χ2v) is 15.7. The van der Waals surface area contributed by atoms with Crippen LogP contribution in [0.4, 0.5) is 17.1 Å². The summed E-state index contributed by atoms with van der Waals surface area (Å²) in [5.41, 5.74) is 15.3. The minimum atomic E-state index is 1.09. The van der Waals surface area contributed by atoms with Gasteiger partial charge in [-0.3, -0.25) is 0 Å². The third kappa shape index (κ3) is 6.73. The first-order valence-corrected chi connectivity index (χ1v) is 21.0. The summed E-state index contributed by atoms with van der Waals surface area (Å²) in [6.07, 6.45) is 0. The Morgan fingerprint density at radius 1 is 0.213 bits per heavy atom. The van der Waals surface area contributed by atoms with Crippen molar-refractivity contribution in [3.8, 4) is 55.6 Å². The first-order chi connectivity index (χ1) is 30.3. The summed E-state index contributed by atoms with van der Waals surface area (Å²) < 4.78 is 0. The van der Waals surface area contributed by atoms with E-state index in [9.17, 15) is 0 Å². The van der Waals surface area contributed by atoms with Crippen LogP contribution in [0.25, 0.3) is 88.0 Å². The molecule has 0 unspecified atom stereocenters. The lowest BCUT2D eigenvalue weighted by Crippen LogP contribution is -2.12. The van der Waals surface area contributed by atoms with E-state index in [2.05, 4.69) is 254 Å². The smallest absolute Gasteiger partial charge is 0.0546 e. The fourth-order valence-corrected chi connectivity index (χ4v) is 9.09. The van der Waals surface area contributed by atoms with Gasteiger partial charge in [0, 0.05) is 16.6 Å². The van der Waals surface area contributed by atoms with Crippen molar-refractivity contribution < 1.29 is 0 Å². The predicted octanol–water partition coefficient (Wildman–Crippen LogP) is 17.0. The van der Waals surface area contributed by atoms with Crippen LogP contribution in [0.5, 0.6) is 0 Å². The van der Waals surface area contributed by atoms with Crippen LogP contribution < -0.4 is 4.90 Å². The van der Waals surface area contributed by atoms with E-state index in [1.54, 1.807) is 0 Å². The summed E-state index contributed by atoms with van der Waals surface area (Å²) in [6.45, 7) is 0. The molecule has 0 heterocycles. The number of benzene rings is 11. The van der Waals surface area contributed by atoms with Crippen molar-refractivity contribution in [2.24, 2.45) is 0 Å². The highest BCUT2D eigenvalue weighted by Gasteiger charge is 2.22. The first kappa shape index (κ1) is 36.1. The fraction of sp³-hybridized carbons (Fsp3) is 0. The molecule has 61 heavy (non-hydrogen) atoms. The molecule has 0 spiro atoms. The van der Waals surface area contributed by atoms with Crippen LogP contribution in [0.15, 0.2) is 249 Å². The molecule has 0 saturated carbocycles. The van der Waals surface area contributed by atoms with Gasteiger partial charge in [-0.05, 0) is 107 Å². The van der Waals surface area contributed by atoms with E-state index < -0.39 is 0 Å². The lowest BCUT2D eigenvalue weighted by molar-refractivity contribution is 1.30. The third-order valence-electron chi connectivity index (χ3n) is 12.1. The fourth-order valence-electron chi connectivity index (χ4n) is 9.09. The summed E-state index contributed by atoms with van der Waals surface area (Å²) in [5.74, 6) is 0. The zero-order valence-corrected chi connectivity index (χ0v) is 33.6. The molecule has 11 aromatic rings. The highest BCUT2D eigenvalue weighted by molar-refractivity contribution is 6.15. The van der Waals surface area contributed by atoms with Crippen molar-refractivity contribution in [3.05, 3.63) is 249 Å². The molecule has 286 valence electrons. The first-order valence-electron chi connectivity index (χ1n) is 21.0. The van der Waals surface area contributed by atoms with Crippen molar-refractivity contribution in [2.45, 2.75) is 0 Å². The lowest BCUT2D eigenvalue weighted by atomic mass is 9.88. The topological polar surface area (TPSA) is 3.24 Å². The molecule has 0 radical (unpaired) electrons. The molecule has 0 aliphatic carbocycles. The van der Waals surface area contributed by atoms with Gasteiger partial charge < -0.3 is 4.90 Å². The molecule has 0 aliphatic rings. The van der Waals surface area contributed by atoms with Crippen LogP contribution in [0.2, 0.25) is 0 Å². The van der Waals surface area contributed by atoms with Gasteiger partial charge in [0.25, 0.3) is 0 Å². The molecular formula is C60H41N. The van der Waals surface area contributed by atoms with Crippen LogP contribution in [-0.4, -0.2) is 0 Å². The van der Waals surface area contributed by atoms with Gasteiger partial charge in [0.05, 0.1) is 11.4 Å². The Hall–Kier alpha value is -8.00. The van der Waals surface area contributed by atoms with Crippen molar-refractivity contribution >= 4 is 49.4 Å². The Balaban J connectivity index is 1.06. The predicted molar refractivity (Wildman–Crippen MR) is 261 cm³/mol. The van der Waals surface area contributed by atoms with Crippen molar-refractivity contribution in [1.29, 1.82) is 0 Å². The van der Waals surface area contributed by atoms with Gasteiger partial charge in [-0.1, -0.05) is 218 Å². The van der Waals surface area contributed by atoms with Crippen molar-refractivity contribution in [2.75, 3.05) is 4.90 Å². The van der Waals surface area contributed by atoms with E-state index in [0.29, 0.717) is 0 Å². The maximum Gasteiger partial charge on any atom is 0.0546 e. The number of nitrogens with zero attached hydrogens (tertiary/aromatic N) is 1. The SMILES string of the molecule is c1ccc(-c2ccccc2-c2ccccc2-c2ccccc2N(c2ccc(-c3ccc(-c4ccc5ccccc5c4)cc3)cc2)c2cc3ccccc3c3ccccc23)cc1. The highest BCUT2D eigenvalue weighted by atomic mass is 15.1. The number of anilines is 3. The molecular weight excluding hydrogens is 735 g/mol. The Bertz CT molecular complexity index is 3340. The molecule has 0 bridgehead atoms. The Morgan fingerprint density at radius 3 is 1.38 bits per heavy atom. The molecule has 0 saturated heterocycles. The van der Waals surface area contributed by atoms with Gasteiger partial charge in [-0.15, -0.1) is 0 Å². The Morgan fingerprint density at radius 2 is 0.672 bits per heavy atom. The minimum Gasteiger partial charge on any atom is -0.309 e. The quantitative estimate of drug-likeness (QED) is 0.139. The molecule has 0 aromatic heterocycles. The third-order valence-corrected chi connectivity index (χ3v) is 12.1. The zero-order valence-electron chi connectivity index (χ0n) is 33.6.